The molecule has 0 aliphatic rings. The third-order valence-corrected chi connectivity index (χ3v) is 3.99. The first-order chi connectivity index (χ1) is 9.99. The SMILES string of the molecule is CC(=O)c1csc(NC(=O)C(C)C(N)c2ccccc2)n1. The number of rotatable bonds is 5. The van der Waals surface area contributed by atoms with Gasteiger partial charge in [0.05, 0.1) is 5.92 Å². The van der Waals surface area contributed by atoms with Gasteiger partial charge in [-0.1, -0.05) is 37.3 Å². The zero-order chi connectivity index (χ0) is 15.4. The second kappa shape index (κ2) is 6.60. The molecule has 0 radical (unpaired) electrons. The summed E-state index contributed by atoms with van der Waals surface area (Å²) in [6.07, 6.45) is 0. The number of ketones is 1. The van der Waals surface area contributed by atoms with Crippen molar-refractivity contribution >= 4 is 28.2 Å². The van der Waals surface area contributed by atoms with Crippen LogP contribution in [0.5, 0.6) is 0 Å². The molecule has 1 aromatic heterocycles. The largest absolute Gasteiger partial charge is 0.323 e. The third kappa shape index (κ3) is 3.74. The molecule has 0 saturated carbocycles. The van der Waals surface area contributed by atoms with E-state index in [9.17, 15) is 9.59 Å². The highest BCUT2D eigenvalue weighted by molar-refractivity contribution is 7.14. The van der Waals surface area contributed by atoms with Crippen LogP contribution in [0.15, 0.2) is 35.7 Å². The highest BCUT2D eigenvalue weighted by Crippen LogP contribution is 2.22. The predicted molar refractivity (Wildman–Crippen MR) is 83.3 cm³/mol. The van der Waals surface area contributed by atoms with Gasteiger partial charge >= 0.3 is 0 Å². The summed E-state index contributed by atoms with van der Waals surface area (Å²) in [6, 6.07) is 9.08. The van der Waals surface area contributed by atoms with E-state index in [2.05, 4.69) is 10.3 Å². The molecule has 0 aliphatic carbocycles. The Morgan fingerprint density at radius 3 is 2.52 bits per heavy atom. The molecular weight excluding hydrogens is 286 g/mol. The van der Waals surface area contributed by atoms with E-state index in [1.807, 2.05) is 30.3 Å². The summed E-state index contributed by atoms with van der Waals surface area (Å²) in [7, 11) is 0. The minimum atomic E-state index is -0.405. The summed E-state index contributed by atoms with van der Waals surface area (Å²) in [5.74, 6) is -0.742. The van der Waals surface area contributed by atoms with Crippen LogP contribution in [0.2, 0.25) is 0 Å². The third-order valence-electron chi connectivity index (χ3n) is 3.23. The molecule has 1 amide bonds. The van der Waals surface area contributed by atoms with Crippen LogP contribution in [0, 0.1) is 5.92 Å². The minimum Gasteiger partial charge on any atom is -0.323 e. The smallest absolute Gasteiger partial charge is 0.230 e. The van der Waals surface area contributed by atoms with E-state index in [1.54, 1.807) is 12.3 Å². The molecular formula is C15H17N3O2S. The Bertz CT molecular complexity index is 639. The Hall–Kier alpha value is -2.05. The number of nitrogens with two attached hydrogens (primary N) is 1. The van der Waals surface area contributed by atoms with Crippen molar-refractivity contribution in [2.45, 2.75) is 19.9 Å². The normalized spacial score (nSPS) is 13.5. The Kier molecular flexibility index (Phi) is 4.82. The zero-order valence-corrected chi connectivity index (χ0v) is 12.7. The molecule has 2 atom stereocenters. The van der Waals surface area contributed by atoms with E-state index in [4.69, 9.17) is 5.73 Å². The fourth-order valence-corrected chi connectivity index (χ4v) is 2.59. The Balaban J connectivity index is 2.03. The van der Waals surface area contributed by atoms with Gasteiger partial charge in [0.2, 0.25) is 5.91 Å². The van der Waals surface area contributed by atoms with E-state index in [0.29, 0.717) is 10.8 Å². The van der Waals surface area contributed by atoms with Crippen molar-refractivity contribution in [3.63, 3.8) is 0 Å². The lowest BCUT2D eigenvalue weighted by molar-refractivity contribution is -0.120. The van der Waals surface area contributed by atoms with Crippen molar-refractivity contribution in [2.75, 3.05) is 5.32 Å². The average molecular weight is 303 g/mol. The van der Waals surface area contributed by atoms with Crippen LogP contribution in [-0.4, -0.2) is 16.7 Å². The van der Waals surface area contributed by atoms with E-state index >= 15 is 0 Å². The van der Waals surface area contributed by atoms with Gasteiger partial charge in [-0.2, -0.15) is 0 Å². The van der Waals surface area contributed by atoms with Crippen LogP contribution in [0.4, 0.5) is 5.13 Å². The summed E-state index contributed by atoms with van der Waals surface area (Å²) in [5.41, 5.74) is 7.38. The van der Waals surface area contributed by atoms with E-state index in [0.717, 1.165) is 5.56 Å². The van der Waals surface area contributed by atoms with Crippen molar-refractivity contribution in [3.05, 3.63) is 47.0 Å². The van der Waals surface area contributed by atoms with Crippen LogP contribution < -0.4 is 11.1 Å². The van der Waals surface area contributed by atoms with Crippen molar-refractivity contribution in [1.82, 2.24) is 4.98 Å². The van der Waals surface area contributed by atoms with Crippen LogP contribution in [0.3, 0.4) is 0 Å². The lowest BCUT2D eigenvalue weighted by Crippen LogP contribution is -2.30. The zero-order valence-electron chi connectivity index (χ0n) is 11.9. The monoisotopic (exact) mass is 303 g/mol. The van der Waals surface area contributed by atoms with Crippen molar-refractivity contribution < 1.29 is 9.59 Å². The number of aromatic nitrogens is 1. The second-order valence-electron chi connectivity index (χ2n) is 4.81. The number of Topliss-reactive ketones (excluding diaryl/α,β-unsaturated/α-hetero) is 1. The summed E-state index contributed by atoms with van der Waals surface area (Å²) in [4.78, 5) is 27.4. The maximum atomic E-state index is 12.2. The molecule has 1 heterocycles. The molecule has 2 aromatic rings. The van der Waals surface area contributed by atoms with E-state index < -0.39 is 12.0 Å². The highest BCUT2D eigenvalue weighted by Gasteiger charge is 2.23. The Labute approximate surface area is 127 Å². The number of hydrogen-bond acceptors (Lipinski definition) is 5. The molecule has 0 bridgehead atoms. The van der Waals surface area contributed by atoms with Gasteiger partial charge in [-0.05, 0) is 5.56 Å². The first-order valence-electron chi connectivity index (χ1n) is 6.57. The number of carbonyl (C=O) groups excluding carboxylic acids is 2. The summed E-state index contributed by atoms with van der Waals surface area (Å²) in [5, 5.41) is 4.74. The molecule has 0 spiro atoms. The van der Waals surface area contributed by atoms with Crippen LogP contribution in [-0.2, 0) is 4.79 Å². The molecule has 3 N–H and O–H groups in total. The standard InChI is InChI=1S/C15H17N3O2S/c1-9(13(16)11-6-4-3-5-7-11)14(20)18-15-17-12(8-21-15)10(2)19/h3-9,13H,16H2,1-2H3,(H,17,18,20). The molecule has 0 saturated heterocycles. The molecule has 0 fully saturated rings. The molecule has 0 aliphatic heterocycles. The van der Waals surface area contributed by atoms with Crippen LogP contribution >= 0.6 is 11.3 Å². The number of nitrogens with zero attached hydrogens (tertiary/aromatic N) is 1. The molecule has 1 aromatic carbocycles. The van der Waals surface area contributed by atoms with Gasteiger partial charge in [-0.25, -0.2) is 4.98 Å². The van der Waals surface area contributed by atoms with Gasteiger partial charge in [0.1, 0.15) is 5.69 Å². The molecule has 110 valence electrons. The summed E-state index contributed by atoms with van der Waals surface area (Å²) in [6.45, 7) is 3.21. The highest BCUT2D eigenvalue weighted by atomic mass is 32.1. The van der Waals surface area contributed by atoms with Gasteiger partial charge in [0, 0.05) is 18.3 Å². The van der Waals surface area contributed by atoms with Gasteiger partial charge in [-0.15, -0.1) is 11.3 Å². The number of amides is 1. The van der Waals surface area contributed by atoms with Crippen molar-refractivity contribution in [2.24, 2.45) is 11.7 Å². The molecule has 6 heteroatoms. The first-order valence-corrected chi connectivity index (χ1v) is 7.45. The summed E-state index contributed by atoms with van der Waals surface area (Å²) >= 11 is 1.23. The Morgan fingerprint density at radius 1 is 1.29 bits per heavy atom. The van der Waals surface area contributed by atoms with Crippen LogP contribution in [0.25, 0.3) is 0 Å². The number of thiazole rings is 1. The molecule has 2 rings (SSSR count). The van der Waals surface area contributed by atoms with Crippen molar-refractivity contribution in [1.29, 1.82) is 0 Å². The molecule has 2 unspecified atom stereocenters. The first kappa shape index (κ1) is 15.3. The van der Waals surface area contributed by atoms with Gasteiger partial charge in [0.25, 0.3) is 0 Å². The van der Waals surface area contributed by atoms with Gasteiger partial charge in [-0.3, -0.25) is 9.59 Å². The fourth-order valence-electron chi connectivity index (χ4n) is 1.84. The Morgan fingerprint density at radius 2 is 1.95 bits per heavy atom. The predicted octanol–water partition coefficient (Wildman–Crippen LogP) is 2.62. The molecule has 21 heavy (non-hydrogen) atoms. The van der Waals surface area contributed by atoms with Gasteiger partial charge < -0.3 is 11.1 Å². The van der Waals surface area contributed by atoms with Crippen LogP contribution in [0.1, 0.15) is 35.9 Å². The number of anilines is 1. The minimum absolute atomic E-state index is 0.124. The fraction of sp³-hybridized carbons (Fsp3) is 0.267. The second-order valence-corrected chi connectivity index (χ2v) is 5.67. The number of benzene rings is 1. The van der Waals surface area contributed by atoms with E-state index in [1.165, 1.54) is 18.3 Å². The van der Waals surface area contributed by atoms with E-state index in [-0.39, 0.29) is 11.7 Å². The van der Waals surface area contributed by atoms with Gasteiger partial charge in [0.15, 0.2) is 10.9 Å². The number of nitrogens with one attached hydrogen (secondary N) is 1. The van der Waals surface area contributed by atoms with Crippen molar-refractivity contribution in [3.8, 4) is 0 Å². The lowest BCUT2D eigenvalue weighted by Gasteiger charge is -2.19. The number of carbonyl (C=O) groups is 2. The quantitative estimate of drug-likeness (QED) is 0.831. The number of hydrogen-bond donors (Lipinski definition) is 2. The summed E-state index contributed by atoms with van der Waals surface area (Å²) < 4.78 is 0. The molecule has 5 nitrogen and oxygen atoms in total. The average Bonchev–Trinajstić information content (AvgIpc) is 2.95. The topological polar surface area (TPSA) is 85.1 Å². The maximum Gasteiger partial charge on any atom is 0.230 e. The maximum absolute atomic E-state index is 12.2. The lowest BCUT2D eigenvalue weighted by atomic mass is 9.95.